The monoisotopic (exact) mass is 428 g/mol. The standard InChI is InChI=1S/C24H24N6S/c1-2-5-16(6-3-1)22-29-20-17-7-4-11-26-24(17)31-21(20)23(30-22)25-12-10-15-8-9-18-19(13-15)28-14-27-18/h4,7-9,11,13-14,16H,1-3,5-6,10,12H2,(H,27,28)(H,25,29,30). The smallest absolute Gasteiger partial charge is 0.147 e. The fourth-order valence-corrected chi connectivity index (χ4v) is 5.67. The third kappa shape index (κ3) is 3.53. The topological polar surface area (TPSA) is 79.4 Å². The van der Waals surface area contributed by atoms with Gasteiger partial charge in [-0.1, -0.05) is 25.3 Å². The van der Waals surface area contributed by atoms with Crippen LogP contribution in [0.1, 0.15) is 49.4 Å². The van der Waals surface area contributed by atoms with Crippen molar-refractivity contribution in [1.29, 1.82) is 0 Å². The third-order valence-corrected chi connectivity index (χ3v) is 7.38. The van der Waals surface area contributed by atoms with Crippen LogP contribution in [0, 0.1) is 0 Å². The van der Waals surface area contributed by atoms with E-state index in [2.05, 4.69) is 44.5 Å². The lowest BCUT2D eigenvalue weighted by Gasteiger charge is -2.21. The molecule has 1 fully saturated rings. The lowest BCUT2D eigenvalue weighted by Crippen LogP contribution is -2.12. The van der Waals surface area contributed by atoms with Gasteiger partial charge in [-0.3, -0.25) is 0 Å². The molecule has 1 saturated carbocycles. The number of benzene rings is 1. The number of rotatable bonds is 5. The highest BCUT2D eigenvalue weighted by Gasteiger charge is 2.22. The second-order valence-electron chi connectivity index (χ2n) is 8.33. The summed E-state index contributed by atoms with van der Waals surface area (Å²) < 4.78 is 1.11. The first kappa shape index (κ1) is 18.7. The number of hydrogen-bond donors (Lipinski definition) is 2. The van der Waals surface area contributed by atoms with Crippen molar-refractivity contribution in [1.82, 2.24) is 24.9 Å². The first-order valence-electron chi connectivity index (χ1n) is 11.1. The van der Waals surface area contributed by atoms with E-state index in [0.717, 1.165) is 56.1 Å². The summed E-state index contributed by atoms with van der Waals surface area (Å²) >= 11 is 1.68. The third-order valence-electron chi connectivity index (χ3n) is 6.27. The lowest BCUT2D eigenvalue weighted by molar-refractivity contribution is 0.430. The highest BCUT2D eigenvalue weighted by molar-refractivity contribution is 7.25. The van der Waals surface area contributed by atoms with Crippen LogP contribution in [0.4, 0.5) is 5.82 Å². The molecule has 6 nitrogen and oxygen atoms in total. The number of nitrogens with one attached hydrogen (secondary N) is 2. The van der Waals surface area contributed by atoms with Gasteiger partial charge in [-0.05, 0) is 49.1 Å². The quantitative estimate of drug-likeness (QED) is 0.369. The van der Waals surface area contributed by atoms with E-state index < -0.39 is 0 Å². The second-order valence-corrected chi connectivity index (χ2v) is 9.33. The van der Waals surface area contributed by atoms with E-state index >= 15 is 0 Å². The van der Waals surface area contributed by atoms with Gasteiger partial charge in [-0.2, -0.15) is 0 Å². The van der Waals surface area contributed by atoms with Crippen molar-refractivity contribution >= 4 is 48.6 Å². The van der Waals surface area contributed by atoms with Crippen molar-refractivity contribution in [3.63, 3.8) is 0 Å². The first-order valence-corrected chi connectivity index (χ1v) is 11.9. The fraction of sp³-hybridized carbons (Fsp3) is 0.333. The number of aromatic amines is 1. The molecule has 0 aliphatic heterocycles. The minimum Gasteiger partial charge on any atom is -0.368 e. The molecule has 2 N–H and O–H groups in total. The highest BCUT2D eigenvalue weighted by Crippen LogP contribution is 2.38. The van der Waals surface area contributed by atoms with Gasteiger partial charge in [-0.25, -0.2) is 19.9 Å². The molecular weight excluding hydrogens is 404 g/mol. The summed E-state index contributed by atoms with van der Waals surface area (Å²) in [5, 5.41) is 4.76. The molecule has 1 aliphatic carbocycles. The Bertz CT molecular complexity index is 1360. The van der Waals surface area contributed by atoms with E-state index in [1.807, 2.05) is 12.3 Å². The summed E-state index contributed by atoms with van der Waals surface area (Å²) in [5.41, 5.74) is 4.40. The van der Waals surface area contributed by atoms with Gasteiger partial charge in [0.05, 0.1) is 27.6 Å². The summed E-state index contributed by atoms with van der Waals surface area (Å²) in [5.74, 6) is 2.41. The molecule has 0 atom stereocenters. The van der Waals surface area contributed by atoms with Crippen LogP contribution in [0.2, 0.25) is 0 Å². The highest BCUT2D eigenvalue weighted by atomic mass is 32.1. The van der Waals surface area contributed by atoms with Gasteiger partial charge in [0.2, 0.25) is 0 Å². The zero-order chi connectivity index (χ0) is 20.6. The van der Waals surface area contributed by atoms with Crippen LogP contribution in [-0.2, 0) is 6.42 Å². The van der Waals surface area contributed by atoms with E-state index in [1.165, 1.54) is 37.7 Å². The number of fused-ring (bicyclic) bond motifs is 4. The predicted molar refractivity (Wildman–Crippen MR) is 127 cm³/mol. The maximum absolute atomic E-state index is 5.05. The average molecular weight is 429 g/mol. The molecule has 156 valence electrons. The summed E-state index contributed by atoms with van der Waals surface area (Å²) in [6.07, 6.45) is 10.8. The van der Waals surface area contributed by atoms with E-state index in [0.29, 0.717) is 5.92 Å². The Kier molecular flexibility index (Phi) is 4.76. The maximum Gasteiger partial charge on any atom is 0.147 e. The fourth-order valence-electron chi connectivity index (χ4n) is 4.62. The summed E-state index contributed by atoms with van der Waals surface area (Å²) in [6.45, 7) is 0.813. The molecule has 7 heteroatoms. The maximum atomic E-state index is 5.05. The Morgan fingerprint density at radius 2 is 2.00 bits per heavy atom. The number of nitrogens with zero attached hydrogens (tertiary/aromatic N) is 4. The van der Waals surface area contributed by atoms with E-state index in [-0.39, 0.29) is 0 Å². The van der Waals surface area contributed by atoms with Gasteiger partial charge in [-0.15, -0.1) is 11.3 Å². The summed E-state index contributed by atoms with van der Waals surface area (Å²) in [4.78, 5) is 23.2. The molecule has 0 unspecified atom stereocenters. The number of anilines is 1. The van der Waals surface area contributed by atoms with Crippen LogP contribution in [0.3, 0.4) is 0 Å². The van der Waals surface area contributed by atoms with Crippen molar-refractivity contribution in [2.45, 2.75) is 44.4 Å². The Hall–Kier alpha value is -3.06. The van der Waals surface area contributed by atoms with Crippen LogP contribution in [0.15, 0.2) is 42.9 Å². The number of imidazole rings is 1. The zero-order valence-electron chi connectivity index (χ0n) is 17.3. The SMILES string of the molecule is c1cnc2sc3c(NCCc4ccc5[nH]cnc5c4)nc(C4CCCCC4)nc3c2c1. The Balaban J connectivity index is 1.33. The Labute approximate surface area is 184 Å². The molecule has 31 heavy (non-hydrogen) atoms. The van der Waals surface area contributed by atoms with Crippen molar-refractivity contribution < 1.29 is 0 Å². The Morgan fingerprint density at radius 1 is 1.06 bits per heavy atom. The number of hydrogen-bond acceptors (Lipinski definition) is 6. The molecule has 4 heterocycles. The zero-order valence-corrected chi connectivity index (χ0v) is 18.1. The number of thiophene rings is 1. The number of aromatic nitrogens is 5. The summed E-state index contributed by atoms with van der Waals surface area (Å²) in [7, 11) is 0. The van der Waals surface area contributed by atoms with Crippen LogP contribution in [-0.4, -0.2) is 31.5 Å². The van der Waals surface area contributed by atoms with Gasteiger partial charge in [0.1, 0.15) is 16.5 Å². The van der Waals surface area contributed by atoms with Gasteiger partial charge in [0.25, 0.3) is 0 Å². The molecule has 0 amide bonds. The second kappa shape index (κ2) is 7.89. The molecular formula is C24H24N6S. The minimum atomic E-state index is 0.465. The lowest BCUT2D eigenvalue weighted by atomic mass is 9.88. The van der Waals surface area contributed by atoms with Crippen molar-refractivity contribution in [2.75, 3.05) is 11.9 Å². The van der Waals surface area contributed by atoms with Gasteiger partial charge in [0, 0.05) is 24.0 Å². The molecule has 0 radical (unpaired) electrons. The van der Waals surface area contributed by atoms with Crippen molar-refractivity contribution in [3.8, 4) is 0 Å². The molecule has 0 bridgehead atoms. The van der Waals surface area contributed by atoms with Crippen molar-refractivity contribution in [3.05, 3.63) is 54.2 Å². The molecule has 4 aromatic heterocycles. The molecule has 1 aliphatic rings. The summed E-state index contributed by atoms with van der Waals surface area (Å²) in [6, 6.07) is 10.5. The Morgan fingerprint density at radius 3 is 2.94 bits per heavy atom. The van der Waals surface area contributed by atoms with Gasteiger partial charge < -0.3 is 10.3 Å². The molecule has 6 rings (SSSR count). The van der Waals surface area contributed by atoms with Crippen LogP contribution in [0.25, 0.3) is 31.5 Å². The average Bonchev–Trinajstić information content (AvgIpc) is 3.44. The van der Waals surface area contributed by atoms with Gasteiger partial charge in [0.15, 0.2) is 0 Å². The van der Waals surface area contributed by atoms with Crippen LogP contribution < -0.4 is 5.32 Å². The number of H-pyrrole nitrogens is 1. The molecule has 0 spiro atoms. The molecule has 1 aromatic carbocycles. The van der Waals surface area contributed by atoms with Gasteiger partial charge >= 0.3 is 0 Å². The molecule has 5 aromatic rings. The minimum absolute atomic E-state index is 0.465. The first-order chi connectivity index (χ1) is 15.3. The van der Waals surface area contributed by atoms with Crippen molar-refractivity contribution in [2.24, 2.45) is 0 Å². The predicted octanol–water partition coefficient (Wildman–Crippen LogP) is 5.82. The van der Waals surface area contributed by atoms with E-state index in [9.17, 15) is 0 Å². The number of pyridine rings is 1. The van der Waals surface area contributed by atoms with Crippen LogP contribution in [0.5, 0.6) is 0 Å². The van der Waals surface area contributed by atoms with E-state index in [1.54, 1.807) is 17.7 Å². The normalized spacial score (nSPS) is 15.2. The largest absolute Gasteiger partial charge is 0.368 e. The van der Waals surface area contributed by atoms with E-state index in [4.69, 9.17) is 9.97 Å². The molecule has 0 saturated heterocycles. The van der Waals surface area contributed by atoms with Crippen LogP contribution >= 0.6 is 11.3 Å².